The summed E-state index contributed by atoms with van der Waals surface area (Å²) in [5.74, 6) is -0.323. The van der Waals surface area contributed by atoms with Crippen LogP contribution in [0.15, 0.2) is 18.2 Å². The highest BCUT2D eigenvalue weighted by Gasteiger charge is 2.24. The predicted octanol–water partition coefficient (Wildman–Crippen LogP) is 2.29. The van der Waals surface area contributed by atoms with Crippen molar-refractivity contribution in [3.63, 3.8) is 0 Å². The summed E-state index contributed by atoms with van der Waals surface area (Å²) in [4.78, 5) is 10.6. The number of ether oxygens (including phenoxy) is 1. The molecule has 0 heterocycles. The number of aliphatic hydroxyl groups excluding tert-OH is 1. The standard InChI is InChI=1S/C12H16NO4/c1-8(2)17-11-6-4-5-10(9(3)7-14)12(11)13(15)16/h4-6,8-9,14H,3,7H2,1-2H3. The third kappa shape index (κ3) is 3.17. The lowest BCUT2D eigenvalue weighted by Crippen LogP contribution is -2.10. The molecule has 0 spiro atoms. The van der Waals surface area contributed by atoms with Gasteiger partial charge < -0.3 is 9.84 Å². The molecule has 0 saturated heterocycles. The Hall–Kier alpha value is -1.62. The van der Waals surface area contributed by atoms with Gasteiger partial charge in [0.2, 0.25) is 0 Å². The fourth-order valence-electron chi connectivity index (χ4n) is 1.51. The van der Waals surface area contributed by atoms with Crippen LogP contribution < -0.4 is 4.74 Å². The first-order valence-corrected chi connectivity index (χ1v) is 5.35. The van der Waals surface area contributed by atoms with E-state index in [9.17, 15) is 10.1 Å². The van der Waals surface area contributed by atoms with E-state index in [0.717, 1.165) is 0 Å². The molecule has 0 saturated carbocycles. The number of hydrogen-bond acceptors (Lipinski definition) is 4. The van der Waals surface area contributed by atoms with Gasteiger partial charge in [-0.15, -0.1) is 0 Å². The van der Waals surface area contributed by atoms with Crippen molar-refractivity contribution in [1.82, 2.24) is 0 Å². The van der Waals surface area contributed by atoms with E-state index >= 15 is 0 Å². The number of nitrogens with zero attached hydrogens (tertiary/aromatic N) is 1. The van der Waals surface area contributed by atoms with Crippen LogP contribution in [0.25, 0.3) is 0 Å². The van der Waals surface area contributed by atoms with E-state index in [4.69, 9.17) is 9.84 Å². The molecule has 5 nitrogen and oxygen atoms in total. The van der Waals surface area contributed by atoms with E-state index in [-0.39, 0.29) is 24.1 Å². The summed E-state index contributed by atoms with van der Waals surface area (Å²) in [6, 6.07) is 4.79. The summed E-state index contributed by atoms with van der Waals surface area (Å²) in [7, 11) is 0. The van der Waals surface area contributed by atoms with Gasteiger partial charge in [0.15, 0.2) is 5.75 Å². The van der Waals surface area contributed by atoms with E-state index in [1.807, 2.05) is 0 Å². The second-order valence-electron chi connectivity index (χ2n) is 4.00. The summed E-state index contributed by atoms with van der Waals surface area (Å²) in [6.07, 6.45) is -0.152. The number of rotatable bonds is 5. The molecule has 0 aliphatic rings. The van der Waals surface area contributed by atoms with Gasteiger partial charge in [-0.3, -0.25) is 10.1 Å². The summed E-state index contributed by atoms with van der Waals surface area (Å²) in [5, 5.41) is 20.1. The van der Waals surface area contributed by atoms with Crippen LogP contribution in [-0.4, -0.2) is 22.7 Å². The highest BCUT2D eigenvalue weighted by molar-refractivity contribution is 5.54. The molecule has 0 aliphatic carbocycles. The number of hydrogen-bond donors (Lipinski definition) is 1. The van der Waals surface area contributed by atoms with Crippen LogP contribution in [0, 0.1) is 17.0 Å². The van der Waals surface area contributed by atoms with Crippen LogP contribution in [0.1, 0.15) is 25.3 Å². The summed E-state index contributed by atoms with van der Waals surface area (Å²) < 4.78 is 5.39. The molecule has 0 bridgehead atoms. The van der Waals surface area contributed by atoms with Gasteiger partial charge in [0.25, 0.3) is 0 Å². The van der Waals surface area contributed by atoms with E-state index < -0.39 is 10.8 Å². The van der Waals surface area contributed by atoms with Crippen molar-refractivity contribution < 1.29 is 14.8 Å². The minimum atomic E-state index is -0.536. The van der Waals surface area contributed by atoms with Crippen molar-refractivity contribution in [2.45, 2.75) is 25.9 Å². The Morgan fingerprint density at radius 2 is 2.18 bits per heavy atom. The molecular weight excluding hydrogens is 222 g/mol. The molecule has 1 aromatic carbocycles. The first kappa shape index (κ1) is 13.4. The topological polar surface area (TPSA) is 72.6 Å². The minimum Gasteiger partial charge on any atom is -0.484 e. The lowest BCUT2D eigenvalue weighted by atomic mass is 9.99. The lowest BCUT2D eigenvalue weighted by molar-refractivity contribution is -0.386. The molecular formula is C12H16NO4. The van der Waals surface area contributed by atoms with Crippen LogP contribution in [0.3, 0.4) is 0 Å². The Labute approximate surface area is 100 Å². The van der Waals surface area contributed by atoms with Crippen molar-refractivity contribution in [2.24, 2.45) is 0 Å². The van der Waals surface area contributed by atoms with Crippen molar-refractivity contribution in [3.8, 4) is 5.75 Å². The third-order valence-electron chi connectivity index (χ3n) is 2.24. The minimum absolute atomic E-state index is 0.116. The largest absolute Gasteiger partial charge is 0.484 e. The number of para-hydroxylation sites is 1. The summed E-state index contributed by atoms with van der Waals surface area (Å²) in [5.41, 5.74) is 0.269. The molecule has 1 radical (unpaired) electrons. The maximum Gasteiger partial charge on any atom is 0.314 e. The van der Waals surface area contributed by atoms with Gasteiger partial charge in [-0.2, -0.15) is 0 Å². The number of aliphatic hydroxyl groups is 1. The zero-order valence-electron chi connectivity index (χ0n) is 9.92. The van der Waals surface area contributed by atoms with E-state index in [0.29, 0.717) is 5.56 Å². The fraction of sp³-hybridized carbons (Fsp3) is 0.417. The Morgan fingerprint density at radius 3 is 2.65 bits per heavy atom. The SMILES string of the molecule is [CH2]C(CO)c1cccc(OC(C)C)c1[N+](=O)[O-]. The molecule has 1 N–H and O–H groups in total. The highest BCUT2D eigenvalue weighted by atomic mass is 16.6. The van der Waals surface area contributed by atoms with Crippen molar-refractivity contribution in [2.75, 3.05) is 6.61 Å². The molecule has 0 fully saturated rings. The van der Waals surface area contributed by atoms with Crippen LogP contribution >= 0.6 is 0 Å². The second-order valence-corrected chi connectivity index (χ2v) is 4.00. The van der Waals surface area contributed by atoms with Crippen molar-refractivity contribution in [3.05, 3.63) is 40.8 Å². The number of benzene rings is 1. The second kappa shape index (κ2) is 5.63. The zero-order chi connectivity index (χ0) is 13.0. The molecule has 93 valence electrons. The first-order chi connectivity index (χ1) is 7.97. The smallest absolute Gasteiger partial charge is 0.314 e. The molecule has 0 aromatic heterocycles. The first-order valence-electron chi connectivity index (χ1n) is 5.35. The maximum atomic E-state index is 11.1. The van der Waals surface area contributed by atoms with E-state index in [1.54, 1.807) is 32.0 Å². The fourth-order valence-corrected chi connectivity index (χ4v) is 1.51. The predicted molar refractivity (Wildman–Crippen MR) is 64.0 cm³/mol. The van der Waals surface area contributed by atoms with Gasteiger partial charge in [0.05, 0.1) is 17.6 Å². The Balaban J connectivity index is 3.26. The Morgan fingerprint density at radius 1 is 1.53 bits per heavy atom. The number of nitro groups is 1. The molecule has 17 heavy (non-hydrogen) atoms. The quantitative estimate of drug-likeness (QED) is 0.631. The summed E-state index contributed by atoms with van der Waals surface area (Å²) in [6.45, 7) is 7.03. The molecule has 1 atom stereocenters. The lowest BCUT2D eigenvalue weighted by Gasteiger charge is -2.14. The van der Waals surface area contributed by atoms with Gasteiger partial charge >= 0.3 is 5.69 Å². The Kier molecular flexibility index (Phi) is 4.45. The Bertz CT molecular complexity index is 403. The normalized spacial score (nSPS) is 12.5. The summed E-state index contributed by atoms with van der Waals surface area (Å²) >= 11 is 0. The molecule has 0 amide bonds. The molecule has 0 aliphatic heterocycles. The maximum absolute atomic E-state index is 11.1. The van der Waals surface area contributed by atoms with E-state index in [2.05, 4.69) is 6.92 Å². The molecule has 5 heteroatoms. The average molecular weight is 238 g/mol. The third-order valence-corrected chi connectivity index (χ3v) is 2.24. The van der Waals surface area contributed by atoms with Crippen LogP contribution in [0.5, 0.6) is 5.75 Å². The molecule has 1 aromatic rings. The van der Waals surface area contributed by atoms with Crippen molar-refractivity contribution in [1.29, 1.82) is 0 Å². The monoisotopic (exact) mass is 238 g/mol. The number of nitro benzene ring substituents is 1. The molecule has 1 rings (SSSR count). The van der Waals surface area contributed by atoms with Crippen molar-refractivity contribution >= 4 is 5.69 Å². The van der Waals surface area contributed by atoms with Crippen LogP contribution in [-0.2, 0) is 0 Å². The van der Waals surface area contributed by atoms with Gasteiger partial charge in [0, 0.05) is 11.5 Å². The van der Waals surface area contributed by atoms with Gasteiger partial charge in [0.1, 0.15) is 0 Å². The average Bonchev–Trinajstić information content (AvgIpc) is 2.26. The zero-order valence-corrected chi connectivity index (χ0v) is 9.92. The highest BCUT2D eigenvalue weighted by Crippen LogP contribution is 2.35. The van der Waals surface area contributed by atoms with Gasteiger partial charge in [-0.25, -0.2) is 0 Å². The van der Waals surface area contributed by atoms with E-state index in [1.165, 1.54) is 0 Å². The molecule has 1 unspecified atom stereocenters. The van der Waals surface area contributed by atoms with Crippen LogP contribution in [0.2, 0.25) is 0 Å². The van der Waals surface area contributed by atoms with Gasteiger partial charge in [-0.1, -0.05) is 12.1 Å². The van der Waals surface area contributed by atoms with Crippen LogP contribution in [0.4, 0.5) is 5.69 Å². The van der Waals surface area contributed by atoms with Gasteiger partial charge in [-0.05, 0) is 26.8 Å².